The summed E-state index contributed by atoms with van der Waals surface area (Å²) in [5, 5.41) is 3.04. The number of benzene rings is 2. The number of para-hydroxylation sites is 2. The monoisotopic (exact) mass is 392 g/mol. The third kappa shape index (κ3) is 5.31. The van der Waals surface area contributed by atoms with E-state index in [1.165, 1.54) is 56.9 Å². The highest BCUT2D eigenvalue weighted by Crippen LogP contribution is 2.33. The van der Waals surface area contributed by atoms with Crippen LogP contribution in [-0.2, 0) is 4.79 Å². The molecule has 4 rings (SSSR count). The Balaban J connectivity index is 1.31. The normalized spacial score (nSPS) is 17.7. The SMILES string of the molecule is O=C(COc1ccc(C2CCCCC2)cc1)Nc1ccccc1N1CCCCC1. The van der Waals surface area contributed by atoms with Crippen LogP contribution in [0.15, 0.2) is 48.5 Å². The van der Waals surface area contributed by atoms with E-state index < -0.39 is 0 Å². The fourth-order valence-corrected chi connectivity index (χ4v) is 4.60. The number of carbonyl (C=O) groups excluding carboxylic acids is 1. The molecule has 4 heteroatoms. The van der Waals surface area contributed by atoms with Gasteiger partial charge in [-0.15, -0.1) is 0 Å². The number of anilines is 2. The summed E-state index contributed by atoms with van der Waals surface area (Å²) in [7, 11) is 0. The van der Waals surface area contributed by atoms with Gasteiger partial charge in [0.1, 0.15) is 5.75 Å². The van der Waals surface area contributed by atoms with Crippen LogP contribution in [0, 0.1) is 0 Å². The van der Waals surface area contributed by atoms with Crippen LogP contribution in [0.25, 0.3) is 0 Å². The van der Waals surface area contributed by atoms with Crippen molar-refractivity contribution in [3.63, 3.8) is 0 Å². The highest BCUT2D eigenvalue weighted by atomic mass is 16.5. The standard InChI is InChI=1S/C25H32N2O2/c28-25(26-23-11-5-6-12-24(23)27-17-7-2-8-18-27)19-29-22-15-13-21(14-16-22)20-9-3-1-4-10-20/h5-6,11-16,20H,1-4,7-10,17-19H2,(H,26,28). The number of piperidine rings is 1. The number of nitrogens with zero attached hydrogens (tertiary/aromatic N) is 1. The summed E-state index contributed by atoms with van der Waals surface area (Å²) < 4.78 is 5.74. The Morgan fingerprint density at radius 1 is 0.897 bits per heavy atom. The summed E-state index contributed by atoms with van der Waals surface area (Å²) in [6, 6.07) is 16.4. The topological polar surface area (TPSA) is 41.6 Å². The second kappa shape index (κ2) is 9.82. The Bertz CT molecular complexity index is 791. The van der Waals surface area contributed by atoms with Gasteiger partial charge in [0, 0.05) is 13.1 Å². The van der Waals surface area contributed by atoms with Crippen molar-refractivity contribution in [1.82, 2.24) is 0 Å². The molecule has 2 fully saturated rings. The predicted octanol–water partition coefficient (Wildman–Crippen LogP) is 5.74. The third-order valence-corrected chi connectivity index (χ3v) is 6.20. The molecule has 1 saturated heterocycles. The maximum absolute atomic E-state index is 12.5. The molecule has 1 amide bonds. The van der Waals surface area contributed by atoms with Crippen molar-refractivity contribution in [1.29, 1.82) is 0 Å². The highest BCUT2D eigenvalue weighted by molar-refractivity contribution is 5.95. The molecule has 1 aliphatic carbocycles. The van der Waals surface area contributed by atoms with Crippen molar-refractivity contribution in [3.8, 4) is 5.75 Å². The van der Waals surface area contributed by atoms with Gasteiger partial charge in [-0.25, -0.2) is 0 Å². The van der Waals surface area contributed by atoms with E-state index in [1.54, 1.807) is 0 Å². The van der Waals surface area contributed by atoms with Crippen molar-refractivity contribution in [2.75, 3.05) is 29.9 Å². The number of carbonyl (C=O) groups is 1. The van der Waals surface area contributed by atoms with Gasteiger partial charge < -0.3 is 15.0 Å². The predicted molar refractivity (Wildman–Crippen MR) is 119 cm³/mol. The van der Waals surface area contributed by atoms with Crippen LogP contribution >= 0.6 is 0 Å². The summed E-state index contributed by atoms with van der Waals surface area (Å²) >= 11 is 0. The quantitative estimate of drug-likeness (QED) is 0.681. The number of ether oxygens (including phenoxy) is 1. The summed E-state index contributed by atoms with van der Waals surface area (Å²) in [6.45, 7) is 2.13. The van der Waals surface area contributed by atoms with E-state index >= 15 is 0 Å². The van der Waals surface area contributed by atoms with E-state index in [2.05, 4.69) is 28.4 Å². The van der Waals surface area contributed by atoms with Crippen molar-refractivity contribution in [2.45, 2.75) is 57.3 Å². The first-order valence-electron chi connectivity index (χ1n) is 11.2. The summed E-state index contributed by atoms with van der Waals surface area (Å²) in [5.41, 5.74) is 3.38. The molecule has 29 heavy (non-hydrogen) atoms. The Morgan fingerprint density at radius 2 is 1.59 bits per heavy atom. The first-order valence-corrected chi connectivity index (χ1v) is 11.2. The molecule has 0 atom stereocenters. The van der Waals surface area contributed by atoms with Crippen LogP contribution < -0.4 is 15.0 Å². The first-order chi connectivity index (χ1) is 14.3. The summed E-state index contributed by atoms with van der Waals surface area (Å²) in [5.74, 6) is 1.32. The molecule has 1 saturated carbocycles. The number of rotatable bonds is 6. The molecule has 1 N–H and O–H groups in total. The minimum Gasteiger partial charge on any atom is -0.484 e. The molecule has 2 aromatic carbocycles. The lowest BCUT2D eigenvalue weighted by molar-refractivity contribution is -0.118. The molecule has 0 spiro atoms. The van der Waals surface area contributed by atoms with Gasteiger partial charge in [-0.3, -0.25) is 4.79 Å². The lowest BCUT2D eigenvalue weighted by atomic mass is 9.84. The fourth-order valence-electron chi connectivity index (χ4n) is 4.60. The zero-order chi connectivity index (χ0) is 19.9. The number of amides is 1. The van der Waals surface area contributed by atoms with Gasteiger partial charge in [0.25, 0.3) is 5.91 Å². The van der Waals surface area contributed by atoms with Gasteiger partial charge >= 0.3 is 0 Å². The first kappa shape index (κ1) is 19.8. The number of hydrogen-bond acceptors (Lipinski definition) is 3. The van der Waals surface area contributed by atoms with Crippen LogP contribution in [0.2, 0.25) is 0 Å². The maximum Gasteiger partial charge on any atom is 0.262 e. The van der Waals surface area contributed by atoms with Crippen molar-refractivity contribution in [3.05, 3.63) is 54.1 Å². The van der Waals surface area contributed by atoms with E-state index in [4.69, 9.17) is 4.74 Å². The van der Waals surface area contributed by atoms with Crippen molar-refractivity contribution < 1.29 is 9.53 Å². The van der Waals surface area contributed by atoms with Crippen molar-refractivity contribution >= 4 is 17.3 Å². The molecular formula is C25H32N2O2. The molecule has 4 nitrogen and oxygen atoms in total. The molecule has 0 unspecified atom stereocenters. The molecule has 0 aromatic heterocycles. The minimum atomic E-state index is -0.120. The molecule has 1 heterocycles. The zero-order valence-corrected chi connectivity index (χ0v) is 17.2. The molecule has 0 bridgehead atoms. The summed E-state index contributed by atoms with van der Waals surface area (Å²) in [4.78, 5) is 14.8. The second-order valence-electron chi connectivity index (χ2n) is 8.31. The number of nitrogens with one attached hydrogen (secondary N) is 1. The Labute approximate surface area is 174 Å². The molecule has 154 valence electrons. The van der Waals surface area contributed by atoms with E-state index in [0.29, 0.717) is 5.92 Å². The van der Waals surface area contributed by atoms with E-state index in [0.717, 1.165) is 30.2 Å². The molecule has 2 aromatic rings. The Hall–Kier alpha value is -2.49. The van der Waals surface area contributed by atoms with Gasteiger partial charge in [0.05, 0.1) is 11.4 Å². The Kier molecular flexibility index (Phi) is 6.71. The smallest absolute Gasteiger partial charge is 0.262 e. The van der Waals surface area contributed by atoms with E-state index in [9.17, 15) is 4.79 Å². The van der Waals surface area contributed by atoms with Crippen molar-refractivity contribution in [2.24, 2.45) is 0 Å². The lowest BCUT2D eigenvalue weighted by Gasteiger charge is -2.30. The maximum atomic E-state index is 12.5. The van der Waals surface area contributed by atoms with Crippen LogP contribution in [-0.4, -0.2) is 25.6 Å². The zero-order valence-electron chi connectivity index (χ0n) is 17.2. The average molecular weight is 393 g/mol. The van der Waals surface area contributed by atoms with Crippen LogP contribution in [0.4, 0.5) is 11.4 Å². The molecule has 2 aliphatic rings. The lowest BCUT2D eigenvalue weighted by Crippen LogP contribution is -2.30. The second-order valence-corrected chi connectivity index (χ2v) is 8.31. The van der Waals surface area contributed by atoms with Gasteiger partial charge in [-0.2, -0.15) is 0 Å². The van der Waals surface area contributed by atoms with Gasteiger partial charge in [-0.1, -0.05) is 43.5 Å². The molecule has 1 aliphatic heterocycles. The van der Waals surface area contributed by atoms with Crippen LogP contribution in [0.3, 0.4) is 0 Å². The van der Waals surface area contributed by atoms with E-state index in [-0.39, 0.29) is 12.5 Å². The minimum absolute atomic E-state index is 0.0249. The molecular weight excluding hydrogens is 360 g/mol. The van der Waals surface area contributed by atoms with Crippen LogP contribution in [0.5, 0.6) is 5.75 Å². The van der Waals surface area contributed by atoms with Gasteiger partial charge in [0.15, 0.2) is 6.61 Å². The van der Waals surface area contributed by atoms with E-state index in [1.807, 2.05) is 30.3 Å². The summed E-state index contributed by atoms with van der Waals surface area (Å²) in [6.07, 6.45) is 10.3. The number of hydrogen-bond donors (Lipinski definition) is 1. The Morgan fingerprint density at radius 3 is 2.34 bits per heavy atom. The highest BCUT2D eigenvalue weighted by Gasteiger charge is 2.17. The van der Waals surface area contributed by atoms with Crippen LogP contribution in [0.1, 0.15) is 62.8 Å². The van der Waals surface area contributed by atoms with Gasteiger partial charge in [0.2, 0.25) is 0 Å². The largest absolute Gasteiger partial charge is 0.484 e. The van der Waals surface area contributed by atoms with Gasteiger partial charge in [-0.05, 0) is 67.9 Å². The third-order valence-electron chi connectivity index (χ3n) is 6.20. The molecule has 0 radical (unpaired) electrons. The average Bonchev–Trinajstić information content (AvgIpc) is 2.80. The fraction of sp³-hybridized carbons (Fsp3) is 0.480.